The van der Waals surface area contributed by atoms with Crippen LogP contribution in [0.4, 0.5) is 0 Å². The number of carboxylic acid groups (broad SMARTS) is 1. The Morgan fingerprint density at radius 3 is 1.95 bits per heavy atom. The second-order valence-corrected chi connectivity index (χ2v) is 4.22. The SMILES string of the molecule is O=C(O)c1c(O)c(O)c(O)c(O)c1Cc1ccccc1. The van der Waals surface area contributed by atoms with Crippen LogP contribution >= 0.6 is 0 Å². The van der Waals surface area contributed by atoms with Gasteiger partial charge >= 0.3 is 5.97 Å². The summed E-state index contributed by atoms with van der Waals surface area (Å²) >= 11 is 0. The third kappa shape index (κ3) is 2.18. The molecule has 0 heterocycles. The average molecular weight is 276 g/mol. The lowest BCUT2D eigenvalue weighted by Crippen LogP contribution is -2.05. The van der Waals surface area contributed by atoms with Gasteiger partial charge in [-0.15, -0.1) is 0 Å². The molecule has 20 heavy (non-hydrogen) atoms. The van der Waals surface area contributed by atoms with Gasteiger partial charge in [0.1, 0.15) is 5.56 Å². The van der Waals surface area contributed by atoms with E-state index in [2.05, 4.69) is 0 Å². The molecule has 0 saturated carbocycles. The van der Waals surface area contributed by atoms with E-state index in [-0.39, 0.29) is 12.0 Å². The topological polar surface area (TPSA) is 118 Å². The predicted octanol–water partition coefficient (Wildman–Crippen LogP) is 1.80. The maximum absolute atomic E-state index is 11.2. The van der Waals surface area contributed by atoms with Gasteiger partial charge in [0.15, 0.2) is 11.5 Å². The Labute approximate surface area is 113 Å². The van der Waals surface area contributed by atoms with Gasteiger partial charge in [-0.2, -0.15) is 0 Å². The van der Waals surface area contributed by atoms with E-state index in [1.54, 1.807) is 30.3 Å². The zero-order chi connectivity index (χ0) is 14.9. The molecule has 0 fully saturated rings. The molecule has 5 N–H and O–H groups in total. The first kappa shape index (κ1) is 13.5. The second-order valence-electron chi connectivity index (χ2n) is 4.22. The molecule has 6 heteroatoms. The first-order valence-corrected chi connectivity index (χ1v) is 5.69. The summed E-state index contributed by atoms with van der Waals surface area (Å²) in [5.74, 6) is -5.26. The van der Waals surface area contributed by atoms with Gasteiger partial charge in [-0.1, -0.05) is 30.3 Å². The van der Waals surface area contributed by atoms with Crippen LogP contribution in [0.1, 0.15) is 21.5 Å². The van der Waals surface area contributed by atoms with Crippen LogP contribution in [-0.4, -0.2) is 31.5 Å². The Bertz CT molecular complexity index is 663. The van der Waals surface area contributed by atoms with Gasteiger partial charge in [-0.3, -0.25) is 0 Å². The lowest BCUT2D eigenvalue weighted by atomic mass is 9.96. The quantitative estimate of drug-likeness (QED) is 0.431. The first-order valence-electron chi connectivity index (χ1n) is 5.69. The van der Waals surface area contributed by atoms with Gasteiger partial charge in [0.25, 0.3) is 0 Å². The summed E-state index contributed by atoms with van der Waals surface area (Å²) in [5.41, 5.74) is -0.132. The van der Waals surface area contributed by atoms with Crippen molar-refractivity contribution in [1.29, 1.82) is 0 Å². The van der Waals surface area contributed by atoms with Crippen molar-refractivity contribution in [1.82, 2.24) is 0 Å². The summed E-state index contributed by atoms with van der Waals surface area (Å²) in [5, 5.41) is 47.4. The van der Waals surface area contributed by atoms with Crippen LogP contribution in [0.3, 0.4) is 0 Å². The van der Waals surface area contributed by atoms with Crippen molar-refractivity contribution in [3.05, 3.63) is 47.0 Å². The number of carboxylic acids is 1. The van der Waals surface area contributed by atoms with Gasteiger partial charge in [0.2, 0.25) is 11.5 Å². The third-order valence-electron chi connectivity index (χ3n) is 2.93. The zero-order valence-electron chi connectivity index (χ0n) is 10.2. The van der Waals surface area contributed by atoms with Gasteiger partial charge in [-0.05, 0) is 5.56 Å². The normalized spacial score (nSPS) is 10.4. The Morgan fingerprint density at radius 2 is 1.40 bits per heavy atom. The fourth-order valence-corrected chi connectivity index (χ4v) is 1.95. The minimum absolute atomic E-state index is 0.0181. The van der Waals surface area contributed by atoms with Crippen LogP contribution in [0.15, 0.2) is 30.3 Å². The Hall–Kier alpha value is -2.89. The highest BCUT2D eigenvalue weighted by molar-refractivity contribution is 5.95. The standard InChI is InChI=1S/C14H12O6/c15-10-8(6-7-4-2-1-3-5-7)9(14(19)20)11(16)13(18)12(10)17/h1-5,15-18H,6H2,(H,19,20). The molecule has 0 aliphatic heterocycles. The number of hydrogen-bond donors (Lipinski definition) is 5. The molecule has 0 saturated heterocycles. The maximum Gasteiger partial charge on any atom is 0.340 e. The molecule has 0 aliphatic rings. The van der Waals surface area contributed by atoms with E-state index in [9.17, 15) is 25.2 Å². The molecule has 0 spiro atoms. The number of phenolic OH excluding ortho intramolecular Hbond substituents is 3. The Balaban J connectivity index is 2.65. The molecule has 0 aromatic heterocycles. The van der Waals surface area contributed by atoms with Crippen LogP contribution in [0.25, 0.3) is 0 Å². The van der Waals surface area contributed by atoms with Crippen LogP contribution in [0, 0.1) is 0 Å². The molecule has 0 bridgehead atoms. The van der Waals surface area contributed by atoms with Gasteiger partial charge in [-0.25, -0.2) is 4.79 Å². The minimum Gasteiger partial charge on any atom is -0.504 e. The van der Waals surface area contributed by atoms with Crippen molar-refractivity contribution in [3.8, 4) is 23.0 Å². The van der Waals surface area contributed by atoms with Crippen molar-refractivity contribution in [2.45, 2.75) is 6.42 Å². The van der Waals surface area contributed by atoms with Crippen LogP contribution in [-0.2, 0) is 6.42 Å². The van der Waals surface area contributed by atoms with E-state index in [1.807, 2.05) is 0 Å². The Kier molecular flexibility index (Phi) is 3.39. The monoisotopic (exact) mass is 276 g/mol. The number of rotatable bonds is 3. The summed E-state index contributed by atoms with van der Waals surface area (Å²) in [6.45, 7) is 0. The lowest BCUT2D eigenvalue weighted by molar-refractivity contribution is 0.0691. The molecule has 0 aliphatic carbocycles. The lowest BCUT2D eigenvalue weighted by Gasteiger charge is -2.13. The van der Waals surface area contributed by atoms with Crippen molar-refractivity contribution in [3.63, 3.8) is 0 Å². The van der Waals surface area contributed by atoms with Crippen molar-refractivity contribution < 1.29 is 30.3 Å². The molecule has 6 nitrogen and oxygen atoms in total. The molecule has 0 amide bonds. The number of benzene rings is 2. The van der Waals surface area contributed by atoms with E-state index in [4.69, 9.17) is 5.11 Å². The predicted molar refractivity (Wildman–Crippen MR) is 69.3 cm³/mol. The van der Waals surface area contributed by atoms with Gasteiger partial charge in [0.05, 0.1) is 0 Å². The van der Waals surface area contributed by atoms with Crippen molar-refractivity contribution in [2.24, 2.45) is 0 Å². The van der Waals surface area contributed by atoms with Crippen molar-refractivity contribution >= 4 is 5.97 Å². The minimum atomic E-state index is -1.51. The van der Waals surface area contributed by atoms with Crippen LogP contribution in [0.5, 0.6) is 23.0 Å². The fourth-order valence-electron chi connectivity index (χ4n) is 1.95. The van der Waals surface area contributed by atoms with E-state index in [0.717, 1.165) is 0 Å². The molecule has 104 valence electrons. The van der Waals surface area contributed by atoms with Gasteiger partial charge in [0, 0.05) is 12.0 Å². The van der Waals surface area contributed by atoms with Crippen LogP contribution in [0.2, 0.25) is 0 Å². The van der Waals surface area contributed by atoms with E-state index < -0.39 is 34.5 Å². The highest BCUT2D eigenvalue weighted by Crippen LogP contribution is 2.47. The summed E-state index contributed by atoms with van der Waals surface area (Å²) in [6.07, 6.45) is -0.0181. The highest BCUT2D eigenvalue weighted by Gasteiger charge is 2.27. The Morgan fingerprint density at radius 1 is 0.850 bits per heavy atom. The third-order valence-corrected chi connectivity index (χ3v) is 2.93. The highest BCUT2D eigenvalue weighted by atomic mass is 16.4. The zero-order valence-corrected chi connectivity index (χ0v) is 10.2. The van der Waals surface area contributed by atoms with Crippen LogP contribution < -0.4 is 0 Å². The number of phenols is 4. The molecule has 2 rings (SSSR count). The van der Waals surface area contributed by atoms with E-state index >= 15 is 0 Å². The molecule has 0 radical (unpaired) electrons. The molecule has 2 aromatic rings. The van der Waals surface area contributed by atoms with E-state index in [0.29, 0.717) is 5.56 Å². The number of aromatic carboxylic acids is 1. The smallest absolute Gasteiger partial charge is 0.340 e. The summed E-state index contributed by atoms with van der Waals surface area (Å²) in [7, 11) is 0. The number of aromatic hydroxyl groups is 4. The molecule has 0 atom stereocenters. The maximum atomic E-state index is 11.2. The van der Waals surface area contributed by atoms with Crippen molar-refractivity contribution in [2.75, 3.05) is 0 Å². The molecule has 2 aromatic carbocycles. The first-order chi connectivity index (χ1) is 9.43. The summed E-state index contributed by atoms with van der Waals surface area (Å²) in [4.78, 5) is 11.2. The molecular formula is C14H12O6. The molecular weight excluding hydrogens is 264 g/mol. The average Bonchev–Trinajstić information content (AvgIpc) is 2.43. The van der Waals surface area contributed by atoms with Gasteiger partial charge < -0.3 is 25.5 Å². The number of hydrogen-bond acceptors (Lipinski definition) is 5. The number of carbonyl (C=O) groups is 1. The second kappa shape index (κ2) is 5.00. The largest absolute Gasteiger partial charge is 0.504 e. The summed E-state index contributed by atoms with van der Waals surface area (Å²) in [6, 6.07) is 8.63. The summed E-state index contributed by atoms with van der Waals surface area (Å²) < 4.78 is 0. The fraction of sp³-hybridized carbons (Fsp3) is 0.0714. The van der Waals surface area contributed by atoms with E-state index in [1.165, 1.54) is 0 Å². The molecule has 0 unspecified atom stereocenters.